The Morgan fingerprint density at radius 1 is 1.50 bits per heavy atom. The second-order valence-electron chi connectivity index (χ2n) is 0.724. The van der Waals surface area contributed by atoms with Crippen LogP contribution in [-0.4, -0.2) is 11.7 Å². The van der Waals surface area contributed by atoms with Crippen LogP contribution in [0.3, 0.4) is 0 Å². The van der Waals surface area contributed by atoms with Crippen molar-refractivity contribution in [2.75, 3.05) is 6.61 Å². The Labute approximate surface area is 86.1 Å². The van der Waals surface area contributed by atoms with Crippen LogP contribution < -0.4 is 59.1 Å². The molecule has 0 atom stereocenters. The Morgan fingerprint density at radius 2 is 1.67 bits per heavy atom. The van der Waals surface area contributed by atoms with E-state index in [-0.39, 0.29) is 62.0 Å². The quantitative estimate of drug-likeness (QED) is 0.332. The van der Waals surface area contributed by atoms with Crippen LogP contribution >= 0.6 is 0 Å². The van der Waals surface area contributed by atoms with Gasteiger partial charge in [0.1, 0.15) is 0 Å². The van der Waals surface area contributed by atoms with E-state index in [2.05, 4.69) is 0 Å². The predicted octanol–water partition coefficient (Wildman–Crippen LogP) is -5.38. The van der Waals surface area contributed by atoms with Crippen LogP contribution in [0.25, 0.3) is 0 Å². The average Bonchev–Trinajstić information content (AvgIpc) is 1.37. The molecule has 0 aromatic heterocycles. The Balaban J connectivity index is -0.00000000750. The summed E-state index contributed by atoms with van der Waals surface area (Å²) in [6.45, 7) is 2.25. The fourth-order valence-corrected chi connectivity index (χ4v) is 0. The predicted molar refractivity (Wildman–Crippen MR) is 19.6 cm³/mol. The Morgan fingerprint density at radius 3 is 1.67 bits per heavy atom. The van der Waals surface area contributed by atoms with Crippen molar-refractivity contribution in [1.29, 1.82) is 0 Å². The molecule has 0 aliphatic rings. The zero-order valence-electron chi connectivity index (χ0n) is 6.86. The molecule has 0 bridgehead atoms. The molecule has 0 unspecified atom stereocenters. The van der Waals surface area contributed by atoms with Crippen molar-refractivity contribution in [1.82, 2.24) is 0 Å². The molecule has 0 saturated carbocycles. The first-order valence-corrected chi connectivity index (χ1v) is 1.52. The standard InChI is InChI=1S/C3H8O.2Na.2H/c1-2-3-4;;;;/h4H,2-3H2,1H3;;;;/q;2*+1;2*-1. The minimum absolute atomic E-state index is 0. The minimum atomic E-state index is 0. The van der Waals surface area contributed by atoms with Gasteiger partial charge in [-0.25, -0.2) is 0 Å². The number of aliphatic hydroxyl groups is 1. The SMILES string of the molecule is CCCO.[H-].[H-].[Na+].[Na+]. The van der Waals surface area contributed by atoms with Gasteiger partial charge in [0.2, 0.25) is 0 Å². The molecule has 0 saturated heterocycles. The van der Waals surface area contributed by atoms with Gasteiger partial charge in [0.25, 0.3) is 0 Å². The molecule has 30 valence electrons. The van der Waals surface area contributed by atoms with E-state index in [0.717, 1.165) is 6.42 Å². The average molecular weight is 108 g/mol. The first kappa shape index (κ1) is 15.7. The Kier molecular flexibility index (Phi) is 41.2. The van der Waals surface area contributed by atoms with Crippen LogP contribution in [0.5, 0.6) is 0 Å². The Bertz CT molecular complexity index is 17.2. The van der Waals surface area contributed by atoms with Crippen molar-refractivity contribution in [3.63, 3.8) is 0 Å². The zero-order chi connectivity index (χ0) is 3.41. The molecule has 0 rings (SSSR count). The monoisotopic (exact) mass is 108 g/mol. The van der Waals surface area contributed by atoms with Crippen LogP contribution in [0.2, 0.25) is 0 Å². The van der Waals surface area contributed by atoms with E-state index >= 15 is 0 Å². The van der Waals surface area contributed by atoms with Crippen molar-refractivity contribution in [3.05, 3.63) is 0 Å². The summed E-state index contributed by atoms with van der Waals surface area (Å²) in [4.78, 5) is 0. The zero-order valence-corrected chi connectivity index (χ0v) is 8.86. The molecule has 3 heteroatoms. The van der Waals surface area contributed by atoms with Gasteiger partial charge in [-0.2, -0.15) is 0 Å². The Hall–Kier alpha value is 1.96. The maximum Gasteiger partial charge on any atom is 1.00 e. The van der Waals surface area contributed by atoms with Gasteiger partial charge in [0.15, 0.2) is 0 Å². The fraction of sp³-hybridized carbons (Fsp3) is 1.00. The topological polar surface area (TPSA) is 20.2 Å². The summed E-state index contributed by atoms with van der Waals surface area (Å²) in [5, 5.41) is 7.88. The molecular formula is C3H10Na2O. The molecule has 0 aliphatic heterocycles. The van der Waals surface area contributed by atoms with Gasteiger partial charge in [0, 0.05) is 6.61 Å². The third-order valence-corrected chi connectivity index (χ3v) is 0.224. The molecule has 6 heavy (non-hydrogen) atoms. The summed E-state index contributed by atoms with van der Waals surface area (Å²) in [5.41, 5.74) is 0. The summed E-state index contributed by atoms with van der Waals surface area (Å²) in [6, 6.07) is 0. The maximum absolute atomic E-state index is 7.88. The molecule has 0 aliphatic carbocycles. The van der Waals surface area contributed by atoms with Crippen molar-refractivity contribution >= 4 is 0 Å². The van der Waals surface area contributed by atoms with Crippen molar-refractivity contribution in [2.24, 2.45) is 0 Å². The van der Waals surface area contributed by atoms with Crippen molar-refractivity contribution in [3.8, 4) is 0 Å². The molecule has 1 N–H and O–H groups in total. The van der Waals surface area contributed by atoms with Crippen LogP contribution in [0.15, 0.2) is 0 Å². The third kappa shape index (κ3) is 16.7. The van der Waals surface area contributed by atoms with E-state index in [1.54, 1.807) is 0 Å². The van der Waals surface area contributed by atoms with Crippen LogP contribution in [0.1, 0.15) is 16.2 Å². The van der Waals surface area contributed by atoms with E-state index in [1.807, 2.05) is 6.92 Å². The smallest absolute Gasteiger partial charge is 1.00 e. The van der Waals surface area contributed by atoms with Gasteiger partial charge in [-0.15, -0.1) is 0 Å². The van der Waals surface area contributed by atoms with E-state index < -0.39 is 0 Å². The van der Waals surface area contributed by atoms with E-state index in [9.17, 15) is 0 Å². The summed E-state index contributed by atoms with van der Waals surface area (Å²) >= 11 is 0. The van der Waals surface area contributed by atoms with Gasteiger partial charge >= 0.3 is 59.1 Å². The van der Waals surface area contributed by atoms with Gasteiger partial charge in [-0.1, -0.05) is 6.92 Å². The van der Waals surface area contributed by atoms with Crippen LogP contribution in [0.4, 0.5) is 0 Å². The summed E-state index contributed by atoms with van der Waals surface area (Å²) in [6.07, 6.45) is 0.875. The molecule has 0 heterocycles. The summed E-state index contributed by atoms with van der Waals surface area (Å²) in [5.74, 6) is 0. The van der Waals surface area contributed by atoms with E-state index in [0.29, 0.717) is 6.61 Å². The normalized spacial score (nSPS) is 5.00. The molecule has 0 radical (unpaired) electrons. The molecule has 0 amide bonds. The van der Waals surface area contributed by atoms with Gasteiger partial charge < -0.3 is 7.96 Å². The molecule has 0 spiro atoms. The number of rotatable bonds is 1. The number of hydrogen-bond acceptors (Lipinski definition) is 1. The molecular weight excluding hydrogens is 98.0 g/mol. The summed E-state index contributed by atoms with van der Waals surface area (Å²) < 4.78 is 0. The summed E-state index contributed by atoms with van der Waals surface area (Å²) in [7, 11) is 0. The number of aliphatic hydroxyl groups excluding tert-OH is 1. The van der Waals surface area contributed by atoms with Crippen LogP contribution in [-0.2, 0) is 0 Å². The molecule has 0 aromatic rings. The van der Waals surface area contributed by atoms with E-state index in [1.165, 1.54) is 0 Å². The van der Waals surface area contributed by atoms with Gasteiger partial charge in [-0.3, -0.25) is 0 Å². The van der Waals surface area contributed by atoms with Gasteiger partial charge in [-0.05, 0) is 6.42 Å². The third-order valence-electron chi connectivity index (χ3n) is 0.224. The first-order valence-electron chi connectivity index (χ1n) is 1.52. The molecule has 0 aromatic carbocycles. The van der Waals surface area contributed by atoms with Crippen LogP contribution in [0, 0.1) is 0 Å². The first-order chi connectivity index (χ1) is 1.91. The molecule has 1 nitrogen and oxygen atoms in total. The minimum Gasteiger partial charge on any atom is -1.00 e. The fourth-order valence-electron chi connectivity index (χ4n) is 0. The number of hydrogen-bond donors (Lipinski definition) is 1. The van der Waals surface area contributed by atoms with Gasteiger partial charge in [0.05, 0.1) is 0 Å². The van der Waals surface area contributed by atoms with Crippen molar-refractivity contribution in [2.45, 2.75) is 13.3 Å². The van der Waals surface area contributed by atoms with E-state index in [4.69, 9.17) is 5.11 Å². The van der Waals surface area contributed by atoms with Crippen molar-refractivity contribution < 1.29 is 67.1 Å². The maximum atomic E-state index is 7.88. The second kappa shape index (κ2) is 15.8. The second-order valence-corrected chi connectivity index (χ2v) is 0.724. The molecule has 0 fully saturated rings. The largest absolute Gasteiger partial charge is 1.00 e.